The third kappa shape index (κ3) is 4.41. The van der Waals surface area contributed by atoms with Gasteiger partial charge in [0.25, 0.3) is 0 Å². The molecule has 0 saturated carbocycles. The van der Waals surface area contributed by atoms with Crippen molar-refractivity contribution in [1.82, 2.24) is 9.78 Å². The number of nitrogens with zero attached hydrogens (tertiary/aromatic N) is 2. The number of aryl methyl sites for hydroxylation is 1. The third-order valence-electron chi connectivity index (χ3n) is 4.04. The number of carbonyl (C=O) groups excluding carboxylic acids is 1. The Bertz CT molecular complexity index is 952. The van der Waals surface area contributed by atoms with Gasteiger partial charge in [-0.15, -0.1) is 0 Å². The Hall–Kier alpha value is -2.99. The van der Waals surface area contributed by atoms with Crippen molar-refractivity contribution >= 4 is 23.2 Å². The lowest BCUT2D eigenvalue weighted by Gasteiger charge is -2.10. The van der Waals surface area contributed by atoms with E-state index in [1.165, 1.54) is 0 Å². The second kappa shape index (κ2) is 8.14. The molecule has 0 aliphatic heterocycles. The summed E-state index contributed by atoms with van der Waals surface area (Å²) in [5.74, 6) is 1.09. The first-order valence-electron chi connectivity index (χ1n) is 8.30. The van der Waals surface area contributed by atoms with Crippen LogP contribution in [0.15, 0.2) is 48.7 Å². The van der Waals surface area contributed by atoms with E-state index in [2.05, 4.69) is 10.4 Å². The molecule has 27 heavy (non-hydrogen) atoms. The fraction of sp³-hybridized carbons (Fsp3) is 0.200. The lowest BCUT2D eigenvalue weighted by molar-refractivity contribution is -0.115. The SMILES string of the molecule is COc1ccc(-c2nn(C)cc2NC(=O)Cc2ccc(Cl)cc2)cc1OC. The molecule has 0 spiro atoms. The molecule has 1 heterocycles. The number of amides is 1. The van der Waals surface area contributed by atoms with Crippen molar-refractivity contribution in [2.75, 3.05) is 19.5 Å². The number of ether oxygens (including phenoxy) is 2. The van der Waals surface area contributed by atoms with Crippen LogP contribution in [0.25, 0.3) is 11.3 Å². The summed E-state index contributed by atoms with van der Waals surface area (Å²) >= 11 is 5.88. The van der Waals surface area contributed by atoms with Crippen molar-refractivity contribution in [2.24, 2.45) is 7.05 Å². The minimum Gasteiger partial charge on any atom is -0.493 e. The van der Waals surface area contributed by atoms with Crippen molar-refractivity contribution in [2.45, 2.75) is 6.42 Å². The van der Waals surface area contributed by atoms with Gasteiger partial charge in [-0.1, -0.05) is 23.7 Å². The first kappa shape index (κ1) is 18.8. The summed E-state index contributed by atoms with van der Waals surface area (Å²) in [7, 11) is 4.97. The maximum absolute atomic E-state index is 12.5. The predicted molar refractivity (Wildman–Crippen MR) is 106 cm³/mol. The Labute approximate surface area is 162 Å². The number of carbonyl (C=O) groups is 1. The van der Waals surface area contributed by atoms with Crippen LogP contribution in [0, 0.1) is 0 Å². The van der Waals surface area contributed by atoms with Gasteiger partial charge >= 0.3 is 0 Å². The summed E-state index contributed by atoms with van der Waals surface area (Å²) in [5.41, 5.74) is 2.98. The Balaban J connectivity index is 1.83. The first-order chi connectivity index (χ1) is 13.0. The molecule has 0 aliphatic rings. The molecule has 1 amide bonds. The quantitative estimate of drug-likeness (QED) is 0.698. The van der Waals surface area contributed by atoms with Gasteiger partial charge in [0.1, 0.15) is 5.69 Å². The van der Waals surface area contributed by atoms with E-state index in [-0.39, 0.29) is 12.3 Å². The van der Waals surface area contributed by atoms with Crippen LogP contribution in [-0.2, 0) is 18.3 Å². The molecule has 0 atom stereocenters. The number of aromatic nitrogens is 2. The number of benzene rings is 2. The average Bonchev–Trinajstić information content (AvgIpc) is 3.03. The normalized spacial score (nSPS) is 10.5. The van der Waals surface area contributed by atoms with Crippen LogP contribution in [0.3, 0.4) is 0 Å². The van der Waals surface area contributed by atoms with E-state index < -0.39 is 0 Å². The summed E-state index contributed by atoms with van der Waals surface area (Å²) in [5, 5.41) is 8.04. The van der Waals surface area contributed by atoms with E-state index >= 15 is 0 Å². The number of anilines is 1. The number of methoxy groups -OCH3 is 2. The molecule has 0 unspecified atom stereocenters. The topological polar surface area (TPSA) is 65.4 Å². The fourth-order valence-corrected chi connectivity index (χ4v) is 2.88. The van der Waals surface area contributed by atoms with Crippen molar-refractivity contribution < 1.29 is 14.3 Å². The summed E-state index contributed by atoms with van der Waals surface area (Å²) in [6, 6.07) is 12.7. The molecular formula is C20H20ClN3O3. The van der Waals surface area contributed by atoms with E-state index in [1.807, 2.05) is 30.3 Å². The minimum absolute atomic E-state index is 0.132. The monoisotopic (exact) mass is 385 g/mol. The van der Waals surface area contributed by atoms with Crippen LogP contribution in [0.1, 0.15) is 5.56 Å². The Morgan fingerprint density at radius 2 is 1.81 bits per heavy atom. The van der Waals surface area contributed by atoms with Gasteiger partial charge in [-0.2, -0.15) is 5.10 Å². The molecule has 0 aliphatic carbocycles. The molecule has 1 N–H and O–H groups in total. The highest BCUT2D eigenvalue weighted by Gasteiger charge is 2.15. The zero-order chi connectivity index (χ0) is 19.4. The van der Waals surface area contributed by atoms with E-state index in [9.17, 15) is 4.79 Å². The van der Waals surface area contributed by atoms with Gasteiger partial charge in [-0.05, 0) is 35.9 Å². The van der Waals surface area contributed by atoms with Crippen LogP contribution >= 0.6 is 11.6 Å². The fourth-order valence-electron chi connectivity index (χ4n) is 2.76. The molecule has 0 saturated heterocycles. The van der Waals surface area contributed by atoms with Crippen molar-refractivity contribution in [3.63, 3.8) is 0 Å². The molecule has 3 rings (SSSR count). The van der Waals surface area contributed by atoms with Gasteiger partial charge < -0.3 is 14.8 Å². The largest absolute Gasteiger partial charge is 0.493 e. The van der Waals surface area contributed by atoms with E-state index in [0.717, 1.165) is 11.1 Å². The molecule has 6 nitrogen and oxygen atoms in total. The molecular weight excluding hydrogens is 366 g/mol. The lowest BCUT2D eigenvalue weighted by Crippen LogP contribution is -2.14. The van der Waals surface area contributed by atoms with Crippen LogP contribution in [0.4, 0.5) is 5.69 Å². The van der Waals surface area contributed by atoms with Gasteiger partial charge in [0, 0.05) is 23.8 Å². The minimum atomic E-state index is -0.132. The molecule has 0 bridgehead atoms. The standard InChI is InChI=1S/C20H20ClN3O3/c1-24-12-16(22-19(25)10-13-4-7-15(21)8-5-13)20(23-24)14-6-9-17(26-2)18(11-14)27-3/h4-9,11-12H,10H2,1-3H3,(H,22,25). The highest BCUT2D eigenvalue weighted by molar-refractivity contribution is 6.30. The lowest BCUT2D eigenvalue weighted by atomic mass is 10.1. The molecule has 0 radical (unpaired) electrons. The average molecular weight is 386 g/mol. The maximum atomic E-state index is 12.5. The number of nitrogens with one attached hydrogen (secondary N) is 1. The molecule has 140 valence electrons. The van der Waals surface area contributed by atoms with Gasteiger partial charge in [0.15, 0.2) is 11.5 Å². The molecule has 7 heteroatoms. The zero-order valence-corrected chi connectivity index (χ0v) is 16.1. The Morgan fingerprint density at radius 1 is 1.11 bits per heavy atom. The zero-order valence-electron chi connectivity index (χ0n) is 15.3. The highest BCUT2D eigenvalue weighted by Crippen LogP contribution is 2.34. The van der Waals surface area contributed by atoms with Gasteiger partial charge in [0.2, 0.25) is 5.91 Å². The Kier molecular flexibility index (Phi) is 5.66. The van der Waals surface area contributed by atoms with Gasteiger partial charge in [0.05, 0.1) is 26.3 Å². The summed E-state index contributed by atoms with van der Waals surface area (Å²) in [6.45, 7) is 0. The van der Waals surface area contributed by atoms with Crippen molar-refractivity contribution in [3.8, 4) is 22.8 Å². The molecule has 1 aromatic heterocycles. The van der Waals surface area contributed by atoms with Crippen LogP contribution in [-0.4, -0.2) is 29.9 Å². The van der Waals surface area contributed by atoms with Crippen molar-refractivity contribution in [3.05, 3.63) is 59.2 Å². The predicted octanol–water partition coefficient (Wildman–Crippen LogP) is 3.94. The summed E-state index contributed by atoms with van der Waals surface area (Å²) < 4.78 is 12.3. The summed E-state index contributed by atoms with van der Waals surface area (Å²) in [4.78, 5) is 12.5. The highest BCUT2D eigenvalue weighted by atomic mass is 35.5. The molecule has 3 aromatic rings. The van der Waals surface area contributed by atoms with Gasteiger partial charge in [-0.25, -0.2) is 0 Å². The number of hydrogen-bond donors (Lipinski definition) is 1. The number of hydrogen-bond acceptors (Lipinski definition) is 4. The maximum Gasteiger partial charge on any atom is 0.228 e. The van der Waals surface area contributed by atoms with E-state index in [4.69, 9.17) is 21.1 Å². The summed E-state index contributed by atoms with van der Waals surface area (Å²) in [6.07, 6.45) is 2.02. The Morgan fingerprint density at radius 3 is 2.48 bits per heavy atom. The first-order valence-corrected chi connectivity index (χ1v) is 8.68. The smallest absolute Gasteiger partial charge is 0.228 e. The van der Waals surface area contributed by atoms with E-state index in [0.29, 0.717) is 27.9 Å². The van der Waals surface area contributed by atoms with Crippen molar-refractivity contribution in [1.29, 1.82) is 0 Å². The number of rotatable bonds is 6. The molecule has 0 fully saturated rings. The second-order valence-corrected chi connectivity index (χ2v) is 6.42. The van der Waals surface area contributed by atoms with Crippen LogP contribution in [0.5, 0.6) is 11.5 Å². The third-order valence-corrected chi connectivity index (χ3v) is 4.29. The van der Waals surface area contributed by atoms with Crippen LogP contribution < -0.4 is 14.8 Å². The van der Waals surface area contributed by atoms with E-state index in [1.54, 1.807) is 44.3 Å². The van der Waals surface area contributed by atoms with Crippen LogP contribution in [0.2, 0.25) is 5.02 Å². The molecule has 2 aromatic carbocycles. The second-order valence-electron chi connectivity index (χ2n) is 5.99. The van der Waals surface area contributed by atoms with Gasteiger partial charge in [-0.3, -0.25) is 9.48 Å². The number of halogens is 1.